The first kappa shape index (κ1) is 13.3. The van der Waals surface area contributed by atoms with E-state index in [1.807, 2.05) is 0 Å². The SMILES string of the molecule is CCC1(CC)CCN(C2COCCC2O)CC1. The lowest BCUT2D eigenvalue weighted by atomic mass is 9.74. The van der Waals surface area contributed by atoms with Crippen LogP contribution in [0.3, 0.4) is 0 Å². The molecule has 0 radical (unpaired) electrons. The highest BCUT2D eigenvalue weighted by atomic mass is 16.5. The number of aliphatic hydroxyl groups is 1. The molecule has 0 spiro atoms. The van der Waals surface area contributed by atoms with E-state index in [1.54, 1.807) is 0 Å². The summed E-state index contributed by atoms with van der Waals surface area (Å²) in [5.41, 5.74) is 0.566. The molecule has 100 valence electrons. The summed E-state index contributed by atoms with van der Waals surface area (Å²) in [6.45, 7) is 8.33. The third kappa shape index (κ3) is 2.83. The molecule has 3 heteroatoms. The minimum absolute atomic E-state index is 0.181. The van der Waals surface area contributed by atoms with Crippen molar-refractivity contribution in [3.8, 4) is 0 Å². The molecule has 0 amide bonds. The zero-order valence-corrected chi connectivity index (χ0v) is 11.3. The molecule has 2 saturated heterocycles. The number of piperidine rings is 1. The number of hydrogen-bond acceptors (Lipinski definition) is 3. The average molecular weight is 241 g/mol. The first-order chi connectivity index (χ1) is 8.21. The molecule has 0 saturated carbocycles. The molecule has 2 aliphatic heterocycles. The molecule has 2 unspecified atom stereocenters. The van der Waals surface area contributed by atoms with Gasteiger partial charge in [0.25, 0.3) is 0 Å². The molecule has 0 aliphatic carbocycles. The van der Waals surface area contributed by atoms with E-state index in [0.29, 0.717) is 12.0 Å². The van der Waals surface area contributed by atoms with Gasteiger partial charge in [0.05, 0.1) is 18.8 Å². The van der Waals surface area contributed by atoms with Crippen molar-refractivity contribution in [2.24, 2.45) is 5.41 Å². The predicted octanol–water partition coefficient (Wildman–Crippen LogP) is 2.04. The Hall–Kier alpha value is -0.120. The van der Waals surface area contributed by atoms with Gasteiger partial charge in [0.1, 0.15) is 0 Å². The number of ether oxygens (including phenoxy) is 1. The van der Waals surface area contributed by atoms with Gasteiger partial charge < -0.3 is 9.84 Å². The predicted molar refractivity (Wildman–Crippen MR) is 69.1 cm³/mol. The van der Waals surface area contributed by atoms with E-state index in [2.05, 4.69) is 18.7 Å². The Morgan fingerprint density at radius 3 is 2.41 bits per heavy atom. The van der Waals surface area contributed by atoms with Gasteiger partial charge in [-0.3, -0.25) is 4.90 Å². The van der Waals surface area contributed by atoms with Gasteiger partial charge in [0, 0.05) is 6.61 Å². The zero-order valence-electron chi connectivity index (χ0n) is 11.3. The number of likely N-dealkylation sites (tertiary alicyclic amines) is 1. The van der Waals surface area contributed by atoms with E-state index in [1.165, 1.54) is 25.7 Å². The maximum atomic E-state index is 10.0. The molecule has 2 atom stereocenters. The summed E-state index contributed by atoms with van der Waals surface area (Å²) in [6, 6.07) is 0.246. The maximum absolute atomic E-state index is 10.0. The highest BCUT2D eigenvalue weighted by molar-refractivity contribution is 4.89. The van der Waals surface area contributed by atoms with Gasteiger partial charge in [0.2, 0.25) is 0 Å². The number of aliphatic hydroxyl groups excluding tert-OH is 1. The van der Waals surface area contributed by atoms with Gasteiger partial charge in [-0.2, -0.15) is 0 Å². The Balaban J connectivity index is 1.89. The summed E-state index contributed by atoms with van der Waals surface area (Å²) in [5.74, 6) is 0. The molecular formula is C14H27NO2. The summed E-state index contributed by atoms with van der Waals surface area (Å²) in [7, 11) is 0. The highest BCUT2D eigenvalue weighted by Gasteiger charge is 2.36. The molecular weight excluding hydrogens is 214 g/mol. The fraction of sp³-hybridized carbons (Fsp3) is 1.00. The van der Waals surface area contributed by atoms with Crippen molar-refractivity contribution in [1.82, 2.24) is 4.90 Å². The lowest BCUT2D eigenvalue weighted by Crippen LogP contribution is -2.53. The van der Waals surface area contributed by atoms with Crippen LogP contribution in [0.4, 0.5) is 0 Å². The van der Waals surface area contributed by atoms with Crippen LogP contribution in [0.5, 0.6) is 0 Å². The Morgan fingerprint density at radius 1 is 1.24 bits per heavy atom. The highest BCUT2D eigenvalue weighted by Crippen LogP contribution is 2.38. The van der Waals surface area contributed by atoms with Crippen molar-refractivity contribution in [1.29, 1.82) is 0 Å². The molecule has 0 aromatic heterocycles. The summed E-state index contributed by atoms with van der Waals surface area (Å²) >= 11 is 0. The molecule has 17 heavy (non-hydrogen) atoms. The van der Waals surface area contributed by atoms with Crippen LogP contribution < -0.4 is 0 Å². The Bertz CT molecular complexity index is 230. The Kier molecular flexibility index (Phi) is 4.45. The minimum atomic E-state index is -0.181. The van der Waals surface area contributed by atoms with E-state index in [4.69, 9.17) is 4.74 Å². The monoisotopic (exact) mass is 241 g/mol. The summed E-state index contributed by atoms with van der Waals surface area (Å²) in [5, 5.41) is 10.0. The van der Waals surface area contributed by atoms with Crippen molar-refractivity contribution < 1.29 is 9.84 Å². The third-order valence-electron chi connectivity index (χ3n) is 5.12. The van der Waals surface area contributed by atoms with Gasteiger partial charge in [-0.15, -0.1) is 0 Å². The third-order valence-corrected chi connectivity index (χ3v) is 5.12. The second kappa shape index (κ2) is 5.68. The van der Waals surface area contributed by atoms with E-state index < -0.39 is 0 Å². The fourth-order valence-electron chi connectivity index (χ4n) is 3.35. The molecule has 2 fully saturated rings. The number of nitrogens with zero attached hydrogens (tertiary/aromatic N) is 1. The second-order valence-electron chi connectivity index (χ2n) is 5.74. The van der Waals surface area contributed by atoms with Gasteiger partial charge in [-0.25, -0.2) is 0 Å². The summed E-state index contributed by atoms with van der Waals surface area (Å²) < 4.78 is 5.51. The summed E-state index contributed by atoms with van der Waals surface area (Å²) in [6.07, 6.45) is 5.77. The van der Waals surface area contributed by atoms with Crippen LogP contribution in [0.25, 0.3) is 0 Å². The quantitative estimate of drug-likeness (QED) is 0.821. The maximum Gasteiger partial charge on any atom is 0.0739 e. The van der Waals surface area contributed by atoms with Crippen molar-refractivity contribution in [3.63, 3.8) is 0 Å². The number of hydrogen-bond donors (Lipinski definition) is 1. The summed E-state index contributed by atoms with van der Waals surface area (Å²) in [4.78, 5) is 2.45. The first-order valence-electron chi connectivity index (χ1n) is 7.20. The van der Waals surface area contributed by atoms with Crippen molar-refractivity contribution in [3.05, 3.63) is 0 Å². The molecule has 3 nitrogen and oxygen atoms in total. The fourth-order valence-corrected chi connectivity index (χ4v) is 3.35. The molecule has 2 aliphatic rings. The van der Waals surface area contributed by atoms with Gasteiger partial charge in [-0.05, 0) is 37.8 Å². The number of rotatable bonds is 3. The standard InChI is InChI=1S/C14H27NO2/c1-3-14(4-2)6-8-15(9-7-14)12-11-17-10-5-13(12)16/h12-13,16H,3-11H2,1-2H3. The van der Waals surface area contributed by atoms with Gasteiger partial charge in [-0.1, -0.05) is 26.7 Å². The molecule has 0 aromatic carbocycles. The van der Waals surface area contributed by atoms with E-state index in [9.17, 15) is 5.11 Å². The van der Waals surface area contributed by atoms with Crippen molar-refractivity contribution >= 4 is 0 Å². The molecule has 2 rings (SSSR count). The van der Waals surface area contributed by atoms with Crippen LogP contribution in [-0.4, -0.2) is 48.5 Å². The van der Waals surface area contributed by atoms with E-state index in [-0.39, 0.29) is 12.1 Å². The Labute approximate surface area is 105 Å². The van der Waals surface area contributed by atoms with Crippen LogP contribution in [0.1, 0.15) is 46.0 Å². The van der Waals surface area contributed by atoms with Crippen LogP contribution in [0.2, 0.25) is 0 Å². The van der Waals surface area contributed by atoms with Gasteiger partial charge in [0.15, 0.2) is 0 Å². The topological polar surface area (TPSA) is 32.7 Å². The van der Waals surface area contributed by atoms with Gasteiger partial charge >= 0.3 is 0 Å². The van der Waals surface area contributed by atoms with Crippen LogP contribution in [-0.2, 0) is 4.74 Å². The van der Waals surface area contributed by atoms with Crippen LogP contribution in [0.15, 0.2) is 0 Å². The zero-order chi connectivity index (χ0) is 12.3. The molecule has 1 N–H and O–H groups in total. The van der Waals surface area contributed by atoms with Crippen molar-refractivity contribution in [2.75, 3.05) is 26.3 Å². The lowest BCUT2D eigenvalue weighted by Gasteiger charge is -2.46. The molecule has 2 heterocycles. The minimum Gasteiger partial charge on any atom is -0.391 e. The van der Waals surface area contributed by atoms with Crippen LogP contribution >= 0.6 is 0 Å². The first-order valence-corrected chi connectivity index (χ1v) is 7.20. The van der Waals surface area contributed by atoms with E-state index in [0.717, 1.165) is 26.1 Å². The van der Waals surface area contributed by atoms with Crippen LogP contribution in [0, 0.1) is 5.41 Å². The smallest absolute Gasteiger partial charge is 0.0739 e. The Morgan fingerprint density at radius 2 is 1.88 bits per heavy atom. The average Bonchev–Trinajstić information content (AvgIpc) is 2.40. The van der Waals surface area contributed by atoms with E-state index >= 15 is 0 Å². The normalized spacial score (nSPS) is 34.8. The van der Waals surface area contributed by atoms with Crippen molar-refractivity contribution in [2.45, 2.75) is 58.1 Å². The lowest BCUT2D eigenvalue weighted by molar-refractivity contribution is -0.0763. The largest absolute Gasteiger partial charge is 0.391 e. The second-order valence-corrected chi connectivity index (χ2v) is 5.74. The molecule has 0 bridgehead atoms. The molecule has 0 aromatic rings.